The molecule has 0 bridgehead atoms. The third-order valence-corrected chi connectivity index (χ3v) is 4.21. The van der Waals surface area contributed by atoms with Crippen molar-refractivity contribution < 1.29 is 4.42 Å². The minimum absolute atomic E-state index is 0.895. The molecule has 0 aliphatic rings. The summed E-state index contributed by atoms with van der Waals surface area (Å²) < 4.78 is 5.77. The lowest BCUT2D eigenvalue weighted by Gasteiger charge is -2.05. The zero-order valence-corrected chi connectivity index (χ0v) is 13.6. The summed E-state index contributed by atoms with van der Waals surface area (Å²) in [4.78, 5) is 0. The quantitative estimate of drug-likeness (QED) is 0.416. The standard InChI is InChI=1S/C23H18O/c1-17-7-5-10-19(13-17)20-11-6-12-21(14-20)22-15-23(24-16-22)18-8-3-2-4-9-18/h2-16H,1H3. The van der Waals surface area contributed by atoms with E-state index in [-0.39, 0.29) is 0 Å². The Morgan fingerprint density at radius 3 is 1.92 bits per heavy atom. The molecule has 0 saturated carbocycles. The molecule has 0 fully saturated rings. The Morgan fingerprint density at radius 2 is 1.17 bits per heavy atom. The van der Waals surface area contributed by atoms with Crippen LogP contribution < -0.4 is 0 Å². The molecule has 3 aromatic carbocycles. The molecule has 0 aliphatic carbocycles. The summed E-state index contributed by atoms with van der Waals surface area (Å²) in [5, 5.41) is 0. The summed E-state index contributed by atoms with van der Waals surface area (Å²) in [6, 6.07) is 29.5. The van der Waals surface area contributed by atoms with Crippen molar-refractivity contribution in [1.29, 1.82) is 0 Å². The molecule has 0 aliphatic heterocycles. The van der Waals surface area contributed by atoms with Crippen molar-refractivity contribution in [3.63, 3.8) is 0 Å². The van der Waals surface area contributed by atoms with Gasteiger partial charge in [-0.25, -0.2) is 0 Å². The normalized spacial score (nSPS) is 10.7. The van der Waals surface area contributed by atoms with Crippen molar-refractivity contribution in [3.8, 4) is 33.6 Å². The molecule has 116 valence electrons. The molecule has 0 spiro atoms. The van der Waals surface area contributed by atoms with E-state index in [1.54, 1.807) is 0 Å². The number of furan rings is 1. The Bertz CT molecular complexity index is 964. The Labute approximate surface area is 142 Å². The van der Waals surface area contributed by atoms with E-state index in [0.717, 1.165) is 16.9 Å². The van der Waals surface area contributed by atoms with Crippen LogP contribution in [0.15, 0.2) is 95.6 Å². The fourth-order valence-electron chi connectivity index (χ4n) is 2.94. The second-order valence-corrected chi connectivity index (χ2v) is 6.02. The van der Waals surface area contributed by atoms with E-state index in [2.05, 4.69) is 73.7 Å². The van der Waals surface area contributed by atoms with Gasteiger partial charge in [-0.05, 0) is 35.7 Å². The summed E-state index contributed by atoms with van der Waals surface area (Å²) in [7, 11) is 0. The molecule has 24 heavy (non-hydrogen) atoms. The average molecular weight is 310 g/mol. The molecule has 1 aromatic heterocycles. The third kappa shape index (κ3) is 2.89. The number of benzene rings is 3. The van der Waals surface area contributed by atoms with Gasteiger partial charge in [0.25, 0.3) is 0 Å². The van der Waals surface area contributed by atoms with Gasteiger partial charge in [-0.15, -0.1) is 0 Å². The lowest BCUT2D eigenvalue weighted by atomic mass is 9.99. The van der Waals surface area contributed by atoms with E-state index in [0.29, 0.717) is 0 Å². The van der Waals surface area contributed by atoms with Gasteiger partial charge in [-0.1, -0.05) is 78.4 Å². The maximum Gasteiger partial charge on any atom is 0.134 e. The lowest BCUT2D eigenvalue weighted by molar-refractivity contribution is 0.583. The fourth-order valence-corrected chi connectivity index (χ4v) is 2.94. The minimum Gasteiger partial charge on any atom is -0.464 e. The molecular formula is C23H18O. The topological polar surface area (TPSA) is 13.1 Å². The van der Waals surface area contributed by atoms with Crippen LogP contribution in [0.5, 0.6) is 0 Å². The maximum atomic E-state index is 5.77. The van der Waals surface area contributed by atoms with Crippen LogP contribution in [0.2, 0.25) is 0 Å². The number of aryl methyl sites for hydroxylation is 1. The predicted octanol–water partition coefficient (Wildman–Crippen LogP) is 6.59. The van der Waals surface area contributed by atoms with Gasteiger partial charge in [-0.2, -0.15) is 0 Å². The van der Waals surface area contributed by atoms with Crippen molar-refractivity contribution in [3.05, 3.63) is 96.8 Å². The summed E-state index contributed by atoms with van der Waals surface area (Å²) in [5.41, 5.74) is 7.09. The average Bonchev–Trinajstić information content (AvgIpc) is 3.13. The van der Waals surface area contributed by atoms with Gasteiger partial charge in [0.05, 0.1) is 6.26 Å². The maximum absolute atomic E-state index is 5.77. The molecule has 4 rings (SSSR count). The molecule has 1 heteroatoms. The number of hydrogen-bond acceptors (Lipinski definition) is 1. The summed E-state index contributed by atoms with van der Waals surface area (Å²) in [6.07, 6.45) is 1.83. The summed E-state index contributed by atoms with van der Waals surface area (Å²) in [6.45, 7) is 2.12. The minimum atomic E-state index is 0.895. The van der Waals surface area contributed by atoms with Gasteiger partial charge in [0.2, 0.25) is 0 Å². The second kappa shape index (κ2) is 6.21. The molecule has 0 atom stereocenters. The summed E-state index contributed by atoms with van der Waals surface area (Å²) >= 11 is 0. The monoisotopic (exact) mass is 310 g/mol. The molecular weight excluding hydrogens is 292 g/mol. The van der Waals surface area contributed by atoms with Crippen LogP contribution >= 0.6 is 0 Å². The van der Waals surface area contributed by atoms with Gasteiger partial charge < -0.3 is 4.42 Å². The highest BCUT2D eigenvalue weighted by Crippen LogP contribution is 2.31. The Kier molecular flexibility index (Phi) is 3.76. The van der Waals surface area contributed by atoms with Gasteiger partial charge in [0.15, 0.2) is 0 Å². The zero-order chi connectivity index (χ0) is 16.4. The van der Waals surface area contributed by atoms with Crippen LogP contribution in [-0.2, 0) is 0 Å². The third-order valence-electron chi connectivity index (χ3n) is 4.21. The van der Waals surface area contributed by atoms with Crippen LogP contribution in [0.25, 0.3) is 33.6 Å². The number of rotatable bonds is 3. The second-order valence-electron chi connectivity index (χ2n) is 6.02. The van der Waals surface area contributed by atoms with E-state index in [1.807, 2.05) is 24.5 Å². The van der Waals surface area contributed by atoms with E-state index in [4.69, 9.17) is 4.42 Å². The fraction of sp³-hybridized carbons (Fsp3) is 0.0435. The first-order valence-electron chi connectivity index (χ1n) is 8.11. The predicted molar refractivity (Wildman–Crippen MR) is 99.8 cm³/mol. The smallest absolute Gasteiger partial charge is 0.134 e. The SMILES string of the molecule is Cc1cccc(-c2cccc(-c3coc(-c4ccccc4)c3)c2)c1. The highest BCUT2D eigenvalue weighted by Gasteiger charge is 2.07. The highest BCUT2D eigenvalue weighted by atomic mass is 16.3. The van der Waals surface area contributed by atoms with Crippen molar-refractivity contribution in [2.45, 2.75) is 6.92 Å². The molecule has 0 saturated heterocycles. The van der Waals surface area contributed by atoms with Crippen LogP contribution in [-0.4, -0.2) is 0 Å². The summed E-state index contributed by atoms with van der Waals surface area (Å²) in [5.74, 6) is 0.895. The van der Waals surface area contributed by atoms with Crippen LogP contribution in [0.3, 0.4) is 0 Å². The first-order chi connectivity index (χ1) is 11.8. The molecule has 0 N–H and O–H groups in total. The largest absolute Gasteiger partial charge is 0.464 e. The molecule has 0 amide bonds. The molecule has 0 radical (unpaired) electrons. The Hall–Kier alpha value is -3.06. The number of hydrogen-bond donors (Lipinski definition) is 0. The molecule has 4 aromatic rings. The lowest BCUT2D eigenvalue weighted by Crippen LogP contribution is -1.81. The van der Waals surface area contributed by atoms with Gasteiger partial charge >= 0.3 is 0 Å². The van der Waals surface area contributed by atoms with Crippen LogP contribution in [0.1, 0.15) is 5.56 Å². The van der Waals surface area contributed by atoms with Crippen molar-refractivity contribution in [2.75, 3.05) is 0 Å². The van der Waals surface area contributed by atoms with Crippen LogP contribution in [0, 0.1) is 6.92 Å². The van der Waals surface area contributed by atoms with Crippen LogP contribution in [0.4, 0.5) is 0 Å². The first kappa shape index (κ1) is 14.5. The molecule has 1 heterocycles. The van der Waals surface area contributed by atoms with E-state index in [9.17, 15) is 0 Å². The van der Waals surface area contributed by atoms with Gasteiger partial charge in [-0.3, -0.25) is 0 Å². The van der Waals surface area contributed by atoms with E-state index in [1.165, 1.54) is 22.3 Å². The van der Waals surface area contributed by atoms with Gasteiger partial charge in [0, 0.05) is 11.1 Å². The van der Waals surface area contributed by atoms with E-state index >= 15 is 0 Å². The van der Waals surface area contributed by atoms with Crippen molar-refractivity contribution in [1.82, 2.24) is 0 Å². The first-order valence-corrected chi connectivity index (χ1v) is 8.11. The van der Waals surface area contributed by atoms with Crippen molar-refractivity contribution in [2.24, 2.45) is 0 Å². The van der Waals surface area contributed by atoms with E-state index < -0.39 is 0 Å². The Balaban J connectivity index is 1.71. The molecule has 0 unspecified atom stereocenters. The molecule has 1 nitrogen and oxygen atoms in total. The Morgan fingerprint density at radius 1 is 0.542 bits per heavy atom. The van der Waals surface area contributed by atoms with Crippen molar-refractivity contribution >= 4 is 0 Å². The van der Waals surface area contributed by atoms with Gasteiger partial charge in [0.1, 0.15) is 5.76 Å². The highest BCUT2D eigenvalue weighted by molar-refractivity contribution is 5.75. The zero-order valence-electron chi connectivity index (χ0n) is 13.6.